The molecule has 0 aliphatic heterocycles. The van der Waals surface area contributed by atoms with Gasteiger partial charge in [0.2, 0.25) is 0 Å². The summed E-state index contributed by atoms with van der Waals surface area (Å²) in [5.74, 6) is 0.766. The van der Waals surface area contributed by atoms with Crippen LogP contribution in [0.4, 0.5) is 0 Å². The van der Waals surface area contributed by atoms with Crippen molar-refractivity contribution in [3.8, 4) is 0 Å². The van der Waals surface area contributed by atoms with Crippen molar-refractivity contribution in [2.24, 2.45) is 5.92 Å². The number of Topliss-reactive ketones (excluding diaryl/α,β-unsaturated/α-hetero) is 1. The predicted molar refractivity (Wildman–Crippen MR) is 85.5 cm³/mol. The van der Waals surface area contributed by atoms with E-state index in [4.69, 9.17) is 11.6 Å². The second-order valence-corrected chi connectivity index (χ2v) is 6.63. The lowest BCUT2D eigenvalue weighted by Gasteiger charge is -2.19. The van der Waals surface area contributed by atoms with Crippen LogP contribution in [0.3, 0.4) is 0 Å². The number of fused-ring (bicyclic) bond motifs is 1. The van der Waals surface area contributed by atoms with Crippen molar-refractivity contribution in [1.29, 1.82) is 0 Å². The molecule has 1 nitrogen and oxygen atoms in total. The molecule has 20 heavy (non-hydrogen) atoms. The van der Waals surface area contributed by atoms with Crippen molar-refractivity contribution in [3.05, 3.63) is 33.8 Å². The molecular weight excluding hydrogens is 268 g/mol. The van der Waals surface area contributed by atoms with E-state index in [1.807, 2.05) is 0 Å². The molecule has 0 fully saturated rings. The molecule has 1 unspecified atom stereocenters. The number of rotatable bonds is 6. The van der Waals surface area contributed by atoms with Gasteiger partial charge in [0, 0.05) is 17.9 Å². The highest BCUT2D eigenvalue weighted by molar-refractivity contribution is 6.31. The van der Waals surface area contributed by atoms with E-state index in [9.17, 15) is 4.79 Å². The number of aryl methyl sites for hydroxylation is 2. The number of carbonyl (C=O) groups excluding carboxylic acids is 1. The molecule has 1 aromatic carbocycles. The fourth-order valence-corrected chi connectivity index (χ4v) is 3.44. The number of hydrogen-bond donors (Lipinski definition) is 0. The third-order valence-corrected chi connectivity index (χ3v) is 4.54. The summed E-state index contributed by atoms with van der Waals surface area (Å²) in [6, 6.07) is 4.45. The Hall–Kier alpha value is -0.820. The second-order valence-electron chi connectivity index (χ2n) is 6.22. The van der Waals surface area contributed by atoms with Crippen molar-refractivity contribution < 1.29 is 4.79 Å². The quantitative estimate of drug-likeness (QED) is 0.708. The van der Waals surface area contributed by atoms with E-state index in [-0.39, 0.29) is 0 Å². The highest BCUT2D eigenvalue weighted by Gasteiger charge is 2.15. The van der Waals surface area contributed by atoms with E-state index in [1.165, 1.54) is 42.4 Å². The number of carbonyl (C=O) groups is 1. The first-order valence-corrected chi connectivity index (χ1v) is 8.29. The summed E-state index contributed by atoms with van der Waals surface area (Å²) >= 11 is 6.42. The molecular formula is C18H25ClO. The van der Waals surface area contributed by atoms with Crippen LogP contribution in [0.1, 0.15) is 62.6 Å². The summed E-state index contributed by atoms with van der Waals surface area (Å²) in [4.78, 5) is 11.7. The molecule has 2 heteroatoms. The normalized spacial score (nSPS) is 15.8. The SMILES string of the molecule is CCCC(=O)CC(C)Cc1cc2c(cc1Cl)CCCC2. The van der Waals surface area contributed by atoms with Crippen LogP contribution in [-0.2, 0) is 24.1 Å². The summed E-state index contributed by atoms with van der Waals surface area (Å²) in [6.45, 7) is 4.21. The minimum Gasteiger partial charge on any atom is -0.300 e. The van der Waals surface area contributed by atoms with Crippen LogP contribution < -0.4 is 0 Å². The Kier molecular flexibility index (Phi) is 5.65. The van der Waals surface area contributed by atoms with Gasteiger partial charge in [-0.2, -0.15) is 0 Å². The van der Waals surface area contributed by atoms with Crippen molar-refractivity contribution in [1.82, 2.24) is 0 Å². The van der Waals surface area contributed by atoms with Crippen molar-refractivity contribution >= 4 is 17.4 Å². The van der Waals surface area contributed by atoms with Gasteiger partial charge < -0.3 is 0 Å². The van der Waals surface area contributed by atoms with Crippen LogP contribution >= 0.6 is 11.6 Å². The average molecular weight is 293 g/mol. The first-order valence-electron chi connectivity index (χ1n) is 7.92. The maximum atomic E-state index is 11.7. The first kappa shape index (κ1) is 15.6. The van der Waals surface area contributed by atoms with Gasteiger partial charge in [-0.15, -0.1) is 0 Å². The maximum absolute atomic E-state index is 11.7. The average Bonchev–Trinajstić information content (AvgIpc) is 2.39. The molecule has 0 saturated heterocycles. The van der Waals surface area contributed by atoms with Gasteiger partial charge in [-0.25, -0.2) is 0 Å². The maximum Gasteiger partial charge on any atom is 0.133 e. The largest absolute Gasteiger partial charge is 0.300 e. The molecule has 0 amide bonds. The highest BCUT2D eigenvalue weighted by Crippen LogP contribution is 2.29. The van der Waals surface area contributed by atoms with Gasteiger partial charge in [-0.1, -0.05) is 31.5 Å². The van der Waals surface area contributed by atoms with E-state index < -0.39 is 0 Å². The Morgan fingerprint density at radius 2 is 1.90 bits per heavy atom. The van der Waals surface area contributed by atoms with Gasteiger partial charge in [0.15, 0.2) is 0 Å². The topological polar surface area (TPSA) is 17.1 Å². The summed E-state index contributed by atoms with van der Waals surface area (Å²) < 4.78 is 0. The molecule has 0 spiro atoms. The molecule has 1 aromatic rings. The van der Waals surface area contributed by atoms with Gasteiger partial charge in [0.1, 0.15) is 5.78 Å². The van der Waals surface area contributed by atoms with Crippen LogP contribution in [0.2, 0.25) is 5.02 Å². The third kappa shape index (κ3) is 4.09. The Balaban J connectivity index is 2.03. The van der Waals surface area contributed by atoms with Gasteiger partial charge in [0.05, 0.1) is 0 Å². The molecule has 110 valence electrons. The standard InChI is InChI=1S/C18H25ClO/c1-3-6-17(20)10-13(2)9-16-11-14-7-4-5-8-15(14)12-18(16)19/h11-13H,3-10H2,1-2H3. The summed E-state index contributed by atoms with van der Waals surface area (Å²) in [7, 11) is 0. The lowest BCUT2D eigenvalue weighted by atomic mass is 9.87. The first-order chi connectivity index (χ1) is 9.60. The van der Waals surface area contributed by atoms with E-state index in [0.29, 0.717) is 24.5 Å². The molecule has 0 aromatic heterocycles. The zero-order valence-corrected chi connectivity index (χ0v) is 13.4. The fraction of sp³-hybridized carbons (Fsp3) is 0.611. The second kappa shape index (κ2) is 7.26. The molecule has 0 radical (unpaired) electrons. The Morgan fingerprint density at radius 1 is 1.25 bits per heavy atom. The zero-order chi connectivity index (χ0) is 14.5. The highest BCUT2D eigenvalue weighted by atomic mass is 35.5. The van der Waals surface area contributed by atoms with E-state index >= 15 is 0 Å². The van der Waals surface area contributed by atoms with Crippen LogP contribution in [0, 0.1) is 5.92 Å². The summed E-state index contributed by atoms with van der Waals surface area (Å²) in [6.07, 6.45) is 8.18. The molecule has 1 atom stereocenters. The van der Waals surface area contributed by atoms with Gasteiger partial charge in [-0.3, -0.25) is 4.79 Å². The Bertz CT molecular complexity index is 479. The van der Waals surface area contributed by atoms with Crippen LogP contribution in [0.25, 0.3) is 0 Å². The Labute approximate surface area is 127 Å². The Morgan fingerprint density at radius 3 is 2.55 bits per heavy atom. The minimum atomic E-state index is 0.383. The number of ketones is 1. The number of hydrogen-bond acceptors (Lipinski definition) is 1. The van der Waals surface area contributed by atoms with Gasteiger partial charge in [0.25, 0.3) is 0 Å². The lowest BCUT2D eigenvalue weighted by molar-refractivity contribution is -0.119. The summed E-state index contributed by atoms with van der Waals surface area (Å²) in [5.41, 5.74) is 4.13. The summed E-state index contributed by atoms with van der Waals surface area (Å²) in [5, 5.41) is 0.889. The molecule has 0 saturated carbocycles. The van der Waals surface area contributed by atoms with Crippen LogP contribution in [-0.4, -0.2) is 5.78 Å². The van der Waals surface area contributed by atoms with Crippen LogP contribution in [0.5, 0.6) is 0 Å². The zero-order valence-electron chi connectivity index (χ0n) is 12.7. The van der Waals surface area contributed by atoms with Gasteiger partial charge >= 0.3 is 0 Å². The van der Waals surface area contributed by atoms with E-state index in [2.05, 4.69) is 26.0 Å². The molecule has 2 rings (SSSR count). The van der Waals surface area contributed by atoms with Gasteiger partial charge in [-0.05, 0) is 67.2 Å². The molecule has 0 N–H and O–H groups in total. The number of benzene rings is 1. The van der Waals surface area contributed by atoms with Crippen molar-refractivity contribution in [3.63, 3.8) is 0 Å². The van der Waals surface area contributed by atoms with E-state index in [1.54, 1.807) is 0 Å². The molecule has 1 aliphatic rings. The smallest absolute Gasteiger partial charge is 0.133 e. The van der Waals surface area contributed by atoms with Crippen molar-refractivity contribution in [2.45, 2.75) is 65.2 Å². The number of halogens is 1. The minimum absolute atomic E-state index is 0.383. The predicted octanol–water partition coefficient (Wildman–Crippen LogP) is 5.16. The lowest BCUT2D eigenvalue weighted by Crippen LogP contribution is -2.10. The van der Waals surface area contributed by atoms with Crippen LogP contribution in [0.15, 0.2) is 12.1 Å². The monoisotopic (exact) mass is 292 g/mol. The molecule has 1 aliphatic carbocycles. The molecule has 0 bridgehead atoms. The molecule has 0 heterocycles. The van der Waals surface area contributed by atoms with Crippen molar-refractivity contribution in [2.75, 3.05) is 0 Å². The van der Waals surface area contributed by atoms with E-state index in [0.717, 1.165) is 17.9 Å². The third-order valence-electron chi connectivity index (χ3n) is 4.18. The fourth-order valence-electron chi connectivity index (χ4n) is 3.18.